The molecule has 1 aromatic rings. The van der Waals surface area contributed by atoms with E-state index in [0.29, 0.717) is 6.04 Å². The number of ether oxygens (including phenoxy) is 1. The molecule has 0 aromatic heterocycles. The van der Waals surface area contributed by atoms with Crippen molar-refractivity contribution in [1.29, 1.82) is 0 Å². The first kappa shape index (κ1) is 10.7. The molecule has 2 rings (SSSR count). The first-order valence-electron chi connectivity index (χ1n) is 5.71. The maximum Gasteiger partial charge on any atom is 0.0620 e. The van der Waals surface area contributed by atoms with E-state index in [1.807, 2.05) is 0 Å². The maximum absolute atomic E-state index is 5.32. The molecule has 1 aliphatic rings. The fraction of sp³-hybridized carbons (Fsp3) is 0.538. The van der Waals surface area contributed by atoms with Gasteiger partial charge in [-0.15, -0.1) is 0 Å². The van der Waals surface area contributed by atoms with E-state index in [1.54, 1.807) is 0 Å². The van der Waals surface area contributed by atoms with Crippen LogP contribution < -0.4 is 5.32 Å². The molecule has 2 nitrogen and oxygen atoms in total. The predicted molar refractivity (Wildman–Crippen MR) is 62.1 cm³/mol. The van der Waals surface area contributed by atoms with Gasteiger partial charge in [0.25, 0.3) is 0 Å². The van der Waals surface area contributed by atoms with Crippen LogP contribution >= 0.6 is 0 Å². The second-order valence-electron chi connectivity index (χ2n) is 4.25. The van der Waals surface area contributed by atoms with Gasteiger partial charge in [0, 0.05) is 12.6 Å². The maximum atomic E-state index is 5.32. The van der Waals surface area contributed by atoms with Crippen molar-refractivity contribution >= 4 is 0 Å². The Balaban J connectivity index is 1.73. The molecule has 1 saturated heterocycles. The molecule has 0 spiro atoms. The molecule has 1 aliphatic heterocycles. The molecule has 1 aromatic carbocycles. The van der Waals surface area contributed by atoms with Gasteiger partial charge < -0.3 is 10.1 Å². The van der Waals surface area contributed by atoms with Crippen molar-refractivity contribution in [3.05, 3.63) is 35.4 Å². The summed E-state index contributed by atoms with van der Waals surface area (Å²) >= 11 is 0. The van der Waals surface area contributed by atoms with Crippen LogP contribution in [-0.4, -0.2) is 25.8 Å². The van der Waals surface area contributed by atoms with Gasteiger partial charge in [-0.3, -0.25) is 0 Å². The van der Waals surface area contributed by atoms with E-state index in [1.165, 1.54) is 11.1 Å². The van der Waals surface area contributed by atoms with Gasteiger partial charge in [-0.1, -0.05) is 29.8 Å². The summed E-state index contributed by atoms with van der Waals surface area (Å²) in [6, 6.07) is 9.30. The highest BCUT2D eigenvalue weighted by atomic mass is 16.5. The smallest absolute Gasteiger partial charge is 0.0620 e. The Morgan fingerprint density at radius 1 is 1.47 bits per heavy atom. The number of aryl methyl sites for hydroxylation is 1. The summed E-state index contributed by atoms with van der Waals surface area (Å²) in [5.41, 5.74) is 2.76. The lowest BCUT2D eigenvalue weighted by Crippen LogP contribution is -2.30. The molecule has 0 amide bonds. The molecule has 0 radical (unpaired) electrons. The largest absolute Gasteiger partial charge is 0.380 e. The van der Waals surface area contributed by atoms with Crippen LogP contribution in [0.4, 0.5) is 0 Å². The van der Waals surface area contributed by atoms with Gasteiger partial charge in [-0.05, 0) is 31.9 Å². The Morgan fingerprint density at radius 2 is 2.40 bits per heavy atom. The molecular weight excluding hydrogens is 186 g/mol. The predicted octanol–water partition coefficient (Wildman–Crippen LogP) is 1.92. The zero-order chi connectivity index (χ0) is 10.5. The lowest BCUT2D eigenvalue weighted by molar-refractivity contribution is 0.190. The van der Waals surface area contributed by atoms with Crippen LogP contribution in [0.15, 0.2) is 24.3 Å². The van der Waals surface area contributed by atoms with Crippen molar-refractivity contribution in [1.82, 2.24) is 5.32 Å². The van der Waals surface area contributed by atoms with Gasteiger partial charge in [-0.25, -0.2) is 0 Å². The summed E-state index contributed by atoms with van der Waals surface area (Å²) in [6.45, 7) is 5.00. The van der Waals surface area contributed by atoms with E-state index in [2.05, 4.69) is 36.5 Å². The van der Waals surface area contributed by atoms with Crippen molar-refractivity contribution < 1.29 is 4.74 Å². The van der Waals surface area contributed by atoms with Crippen LogP contribution in [-0.2, 0) is 11.2 Å². The van der Waals surface area contributed by atoms with Crippen LogP contribution in [0.2, 0.25) is 0 Å². The molecule has 1 heterocycles. The Bertz CT molecular complexity index is 305. The van der Waals surface area contributed by atoms with Gasteiger partial charge in [0.2, 0.25) is 0 Å². The van der Waals surface area contributed by atoms with Crippen molar-refractivity contribution in [2.45, 2.75) is 25.8 Å². The highest BCUT2D eigenvalue weighted by molar-refractivity contribution is 5.22. The quantitative estimate of drug-likeness (QED) is 0.811. The normalized spacial score (nSPS) is 20.7. The molecular formula is C13H19NO. The Kier molecular flexibility index (Phi) is 3.75. The first-order chi connectivity index (χ1) is 7.34. The second kappa shape index (κ2) is 5.29. The van der Waals surface area contributed by atoms with Crippen LogP contribution in [0.5, 0.6) is 0 Å². The molecule has 1 N–H and O–H groups in total. The van der Waals surface area contributed by atoms with Crippen LogP contribution in [0.25, 0.3) is 0 Å². The molecule has 1 atom stereocenters. The number of rotatable bonds is 4. The second-order valence-corrected chi connectivity index (χ2v) is 4.25. The van der Waals surface area contributed by atoms with E-state index in [4.69, 9.17) is 4.74 Å². The minimum absolute atomic E-state index is 0.579. The average Bonchev–Trinajstić information content (AvgIpc) is 2.71. The molecule has 1 unspecified atom stereocenters. The van der Waals surface area contributed by atoms with E-state index in [-0.39, 0.29) is 0 Å². The topological polar surface area (TPSA) is 21.3 Å². The van der Waals surface area contributed by atoms with Crippen molar-refractivity contribution in [3.8, 4) is 0 Å². The summed E-state index contributed by atoms with van der Waals surface area (Å²) in [5, 5.41) is 3.52. The highest BCUT2D eigenvalue weighted by Crippen LogP contribution is 2.06. The van der Waals surface area contributed by atoms with Gasteiger partial charge in [0.15, 0.2) is 0 Å². The molecule has 0 bridgehead atoms. The van der Waals surface area contributed by atoms with Crippen molar-refractivity contribution in [2.24, 2.45) is 0 Å². The molecule has 0 saturated carbocycles. The molecule has 2 heteroatoms. The lowest BCUT2D eigenvalue weighted by atomic mass is 10.1. The minimum atomic E-state index is 0.579. The van der Waals surface area contributed by atoms with E-state index < -0.39 is 0 Å². The summed E-state index contributed by atoms with van der Waals surface area (Å²) in [5.74, 6) is 0. The zero-order valence-electron chi connectivity index (χ0n) is 9.33. The fourth-order valence-corrected chi connectivity index (χ4v) is 1.98. The number of hydrogen-bond acceptors (Lipinski definition) is 2. The van der Waals surface area contributed by atoms with Crippen LogP contribution in [0.3, 0.4) is 0 Å². The minimum Gasteiger partial charge on any atom is -0.380 e. The Hall–Kier alpha value is -0.860. The Morgan fingerprint density at radius 3 is 3.13 bits per heavy atom. The van der Waals surface area contributed by atoms with Crippen LogP contribution in [0.1, 0.15) is 17.5 Å². The third kappa shape index (κ3) is 3.33. The summed E-state index contributed by atoms with van der Waals surface area (Å²) in [6.07, 6.45) is 2.27. The van der Waals surface area contributed by atoms with Gasteiger partial charge >= 0.3 is 0 Å². The molecule has 1 fully saturated rings. The average molecular weight is 205 g/mol. The van der Waals surface area contributed by atoms with Crippen molar-refractivity contribution in [3.63, 3.8) is 0 Å². The molecule has 82 valence electrons. The van der Waals surface area contributed by atoms with E-state index in [9.17, 15) is 0 Å². The lowest BCUT2D eigenvalue weighted by Gasteiger charge is -2.10. The van der Waals surface area contributed by atoms with E-state index in [0.717, 1.165) is 32.6 Å². The van der Waals surface area contributed by atoms with Gasteiger partial charge in [0.1, 0.15) is 0 Å². The SMILES string of the molecule is Cc1cccc(CCNC2CCOC2)c1. The standard InChI is InChI=1S/C13H19NO/c1-11-3-2-4-12(9-11)5-7-14-13-6-8-15-10-13/h2-4,9,13-14H,5-8,10H2,1H3. The summed E-state index contributed by atoms with van der Waals surface area (Å²) in [7, 11) is 0. The van der Waals surface area contributed by atoms with Crippen molar-refractivity contribution in [2.75, 3.05) is 19.8 Å². The molecule has 15 heavy (non-hydrogen) atoms. The third-order valence-electron chi connectivity index (χ3n) is 2.86. The highest BCUT2D eigenvalue weighted by Gasteiger charge is 2.13. The van der Waals surface area contributed by atoms with Gasteiger partial charge in [-0.2, -0.15) is 0 Å². The summed E-state index contributed by atoms with van der Waals surface area (Å²) < 4.78 is 5.32. The van der Waals surface area contributed by atoms with Gasteiger partial charge in [0.05, 0.1) is 6.61 Å². The monoisotopic (exact) mass is 205 g/mol. The Labute approximate surface area is 91.6 Å². The summed E-state index contributed by atoms with van der Waals surface area (Å²) in [4.78, 5) is 0. The van der Waals surface area contributed by atoms with Crippen LogP contribution in [0, 0.1) is 6.92 Å². The number of benzene rings is 1. The first-order valence-corrected chi connectivity index (χ1v) is 5.71. The zero-order valence-corrected chi connectivity index (χ0v) is 9.33. The number of hydrogen-bond donors (Lipinski definition) is 1. The third-order valence-corrected chi connectivity index (χ3v) is 2.86. The van der Waals surface area contributed by atoms with E-state index >= 15 is 0 Å². The molecule has 0 aliphatic carbocycles. The fourth-order valence-electron chi connectivity index (χ4n) is 1.98. The number of nitrogens with one attached hydrogen (secondary N) is 1.